The summed E-state index contributed by atoms with van der Waals surface area (Å²) in [5, 5.41) is 9.15. The van der Waals surface area contributed by atoms with Crippen molar-refractivity contribution in [3.63, 3.8) is 0 Å². The highest BCUT2D eigenvalue weighted by atomic mass is 16.5. The molecule has 4 unspecified atom stereocenters. The molecule has 2 aliphatic carbocycles. The third-order valence-electron chi connectivity index (χ3n) is 4.19. The summed E-state index contributed by atoms with van der Waals surface area (Å²) in [4.78, 5) is 13.3. The van der Waals surface area contributed by atoms with Crippen LogP contribution in [0.3, 0.4) is 0 Å². The lowest BCUT2D eigenvalue weighted by Gasteiger charge is -2.38. The first kappa shape index (κ1) is 9.60. The quantitative estimate of drug-likeness (QED) is 0.725. The van der Waals surface area contributed by atoms with E-state index in [1.807, 2.05) is 0 Å². The molecule has 1 saturated heterocycles. The number of fused-ring (bicyclic) bond motifs is 1. The Hall–Kier alpha value is -0.610. The molecule has 0 spiro atoms. The molecular formula is C11H17NO3. The Kier molecular flexibility index (Phi) is 2.21. The molecule has 1 N–H and O–H groups in total. The van der Waals surface area contributed by atoms with Gasteiger partial charge in [-0.25, -0.2) is 0 Å². The SMILES string of the molecule is O=C(O)C1COCCN1C1CCC2CC21. The fourth-order valence-corrected chi connectivity index (χ4v) is 3.31. The van der Waals surface area contributed by atoms with Crippen molar-refractivity contribution in [2.24, 2.45) is 11.8 Å². The van der Waals surface area contributed by atoms with Crippen molar-refractivity contribution < 1.29 is 14.6 Å². The highest BCUT2D eigenvalue weighted by Gasteiger charge is 2.52. The van der Waals surface area contributed by atoms with Crippen molar-refractivity contribution in [2.45, 2.75) is 31.3 Å². The van der Waals surface area contributed by atoms with Gasteiger partial charge in [0.25, 0.3) is 0 Å². The summed E-state index contributed by atoms with van der Waals surface area (Å²) in [5.74, 6) is 0.982. The molecule has 4 heteroatoms. The molecule has 15 heavy (non-hydrogen) atoms. The fraction of sp³-hybridized carbons (Fsp3) is 0.909. The number of rotatable bonds is 2. The Morgan fingerprint density at radius 1 is 1.40 bits per heavy atom. The van der Waals surface area contributed by atoms with Crippen LogP contribution in [-0.2, 0) is 9.53 Å². The minimum Gasteiger partial charge on any atom is -0.480 e. The number of hydrogen-bond donors (Lipinski definition) is 1. The molecule has 84 valence electrons. The monoisotopic (exact) mass is 211 g/mol. The smallest absolute Gasteiger partial charge is 0.323 e. The average molecular weight is 211 g/mol. The van der Waals surface area contributed by atoms with E-state index in [1.54, 1.807) is 0 Å². The van der Waals surface area contributed by atoms with Gasteiger partial charge in [-0.15, -0.1) is 0 Å². The summed E-state index contributed by atoms with van der Waals surface area (Å²) in [6.07, 6.45) is 3.83. The summed E-state index contributed by atoms with van der Waals surface area (Å²) in [5.41, 5.74) is 0. The van der Waals surface area contributed by atoms with E-state index in [2.05, 4.69) is 4.90 Å². The first-order valence-electron chi connectivity index (χ1n) is 5.83. The Morgan fingerprint density at radius 3 is 2.87 bits per heavy atom. The zero-order valence-electron chi connectivity index (χ0n) is 8.76. The van der Waals surface area contributed by atoms with E-state index < -0.39 is 12.0 Å². The fourth-order valence-electron chi connectivity index (χ4n) is 3.31. The molecule has 0 bridgehead atoms. The first-order valence-corrected chi connectivity index (χ1v) is 5.83. The highest BCUT2D eigenvalue weighted by Crippen LogP contribution is 2.54. The molecule has 3 rings (SSSR count). The zero-order valence-corrected chi connectivity index (χ0v) is 8.76. The van der Waals surface area contributed by atoms with E-state index >= 15 is 0 Å². The second-order valence-corrected chi connectivity index (χ2v) is 4.97. The third kappa shape index (κ3) is 1.56. The van der Waals surface area contributed by atoms with E-state index in [0.29, 0.717) is 19.3 Å². The van der Waals surface area contributed by atoms with Gasteiger partial charge >= 0.3 is 5.97 Å². The lowest BCUT2D eigenvalue weighted by atomic mass is 10.1. The van der Waals surface area contributed by atoms with Crippen LogP contribution in [-0.4, -0.2) is 47.8 Å². The molecule has 3 aliphatic rings. The lowest BCUT2D eigenvalue weighted by Crippen LogP contribution is -2.54. The van der Waals surface area contributed by atoms with Gasteiger partial charge in [-0.05, 0) is 31.1 Å². The molecule has 3 fully saturated rings. The third-order valence-corrected chi connectivity index (χ3v) is 4.19. The first-order chi connectivity index (χ1) is 7.27. The van der Waals surface area contributed by atoms with E-state index in [-0.39, 0.29) is 0 Å². The van der Waals surface area contributed by atoms with Crippen molar-refractivity contribution >= 4 is 5.97 Å². The summed E-state index contributed by atoms with van der Waals surface area (Å²) in [7, 11) is 0. The summed E-state index contributed by atoms with van der Waals surface area (Å²) in [6.45, 7) is 1.85. The topological polar surface area (TPSA) is 49.8 Å². The van der Waals surface area contributed by atoms with Gasteiger partial charge in [-0.1, -0.05) is 0 Å². The molecule has 4 atom stereocenters. The van der Waals surface area contributed by atoms with E-state index in [9.17, 15) is 4.79 Å². The molecule has 2 saturated carbocycles. The molecule has 0 amide bonds. The standard InChI is InChI=1S/C11H17NO3/c13-11(14)10-6-15-4-3-12(10)9-2-1-7-5-8(7)9/h7-10H,1-6H2,(H,13,14). The van der Waals surface area contributed by atoms with Crippen LogP contribution >= 0.6 is 0 Å². The molecule has 0 aromatic carbocycles. The number of carboxylic acids is 1. The maximum atomic E-state index is 11.1. The van der Waals surface area contributed by atoms with E-state index in [1.165, 1.54) is 19.3 Å². The number of ether oxygens (including phenoxy) is 1. The average Bonchev–Trinajstić information content (AvgIpc) is 2.90. The normalized spacial score (nSPS) is 45.1. The second kappa shape index (κ2) is 3.46. The van der Waals surface area contributed by atoms with Crippen LogP contribution in [0.5, 0.6) is 0 Å². The Labute approximate surface area is 89.2 Å². The Morgan fingerprint density at radius 2 is 2.27 bits per heavy atom. The lowest BCUT2D eigenvalue weighted by molar-refractivity contribution is -0.151. The number of morpholine rings is 1. The zero-order chi connectivity index (χ0) is 10.4. The van der Waals surface area contributed by atoms with Crippen LogP contribution in [0.25, 0.3) is 0 Å². The largest absolute Gasteiger partial charge is 0.480 e. The maximum Gasteiger partial charge on any atom is 0.323 e. The predicted octanol–water partition coefficient (Wildman–Crippen LogP) is 0.570. The van der Waals surface area contributed by atoms with Gasteiger partial charge in [0, 0.05) is 12.6 Å². The number of hydrogen-bond acceptors (Lipinski definition) is 3. The van der Waals surface area contributed by atoms with Gasteiger partial charge in [0.05, 0.1) is 13.2 Å². The van der Waals surface area contributed by atoms with Crippen LogP contribution in [0.4, 0.5) is 0 Å². The summed E-state index contributed by atoms with van der Waals surface area (Å²) < 4.78 is 5.26. The molecule has 0 aromatic heterocycles. The molecule has 1 aliphatic heterocycles. The second-order valence-electron chi connectivity index (χ2n) is 4.97. The number of aliphatic carboxylic acids is 1. The minimum absolute atomic E-state index is 0.364. The van der Waals surface area contributed by atoms with E-state index in [4.69, 9.17) is 9.84 Å². The summed E-state index contributed by atoms with van der Waals surface area (Å²) >= 11 is 0. The van der Waals surface area contributed by atoms with Crippen molar-refractivity contribution in [2.75, 3.05) is 19.8 Å². The van der Waals surface area contributed by atoms with Crippen LogP contribution < -0.4 is 0 Å². The number of nitrogens with zero attached hydrogens (tertiary/aromatic N) is 1. The van der Waals surface area contributed by atoms with Gasteiger partial charge in [0.2, 0.25) is 0 Å². The number of carboxylic acid groups (broad SMARTS) is 1. The van der Waals surface area contributed by atoms with Crippen molar-refractivity contribution in [3.05, 3.63) is 0 Å². The van der Waals surface area contributed by atoms with Crippen LogP contribution in [0.15, 0.2) is 0 Å². The minimum atomic E-state index is -0.723. The van der Waals surface area contributed by atoms with Gasteiger partial charge in [0.1, 0.15) is 6.04 Å². The molecule has 4 nitrogen and oxygen atoms in total. The molecular weight excluding hydrogens is 194 g/mol. The molecule has 1 heterocycles. The Bertz CT molecular complexity index is 281. The van der Waals surface area contributed by atoms with Crippen molar-refractivity contribution in [1.82, 2.24) is 4.90 Å². The Balaban J connectivity index is 1.73. The molecule has 0 radical (unpaired) electrons. The van der Waals surface area contributed by atoms with Gasteiger partial charge in [-0.3, -0.25) is 9.69 Å². The predicted molar refractivity (Wildman–Crippen MR) is 53.6 cm³/mol. The van der Waals surface area contributed by atoms with Gasteiger partial charge in [0.15, 0.2) is 0 Å². The van der Waals surface area contributed by atoms with Gasteiger partial charge in [-0.2, -0.15) is 0 Å². The van der Waals surface area contributed by atoms with Crippen molar-refractivity contribution in [1.29, 1.82) is 0 Å². The van der Waals surface area contributed by atoms with Crippen LogP contribution in [0.1, 0.15) is 19.3 Å². The van der Waals surface area contributed by atoms with E-state index in [0.717, 1.165) is 18.4 Å². The van der Waals surface area contributed by atoms with Crippen LogP contribution in [0, 0.1) is 11.8 Å². The maximum absolute atomic E-state index is 11.1. The molecule has 0 aromatic rings. The van der Waals surface area contributed by atoms with Gasteiger partial charge < -0.3 is 9.84 Å². The summed E-state index contributed by atoms with van der Waals surface area (Å²) in [6, 6.07) is 0.128. The highest BCUT2D eigenvalue weighted by molar-refractivity contribution is 5.73. The number of carbonyl (C=O) groups is 1. The van der Waals surface area contributed by atoms with Crippen molar-refractivity contribution in [3.8, 4) is 0 Å². The van der Waals surface area contributed by atoms with Crippen LogP contribution in [0.2, 0.25) is 0 Å².